The van der Waals surface area contributed by atoms with Crippen LogP contribution in [0.2, 0.25) is 5.02 Å². The highest BCUT2D eigenvalue weighted by Crippen LogP contribution is 2.22. The van der Waals surface area contributed by atoms with Crippen molar-refractivity contribution in [1.29, 1.82) is 0 Å². The summed E-state index contributed by atoms with van der Waals surface area (Å²) < 4.78 is 13.5. The van der Waals surface area contributed by atoms with Gasteiger partial charge in [-0.05, 0) is 49.9 Å². The van der Waals surface area contributed by atoms with Gasteiger partial charge in [-0.2, -0.15) is 4.98 Å². The molecule has 1 aliphatic carbocycles. The molecule has 1 heterocycles. The molecular formula is C19H24Cl2FN5O. The van der Waals surface area contributed by atoms with E-state index in [9.17, 15) is 9.18 Å². The number of carbonyl (C=O) groups excluding carboxylic acids is 1. The van der Waals surface area contributed by atoms with Gasteiger partial charge in [0.15, 0.2) is 0 Å². The van der Waals surface area contributed by atoms with E-state index in [0.29, 0.717) is 5.95 Å². The van der Waals surface area contributed by atoms with Crippen LogP contribution < -0.4 is 15.5 Å². The molecule has 1 aromatic heterocycles. The molecule has 1 amide bonds. The monoisotopic (exact) mass is 427 g/mol. The van der Waals surface area contributed by atoms with Crippen LogP contribution in [0.5, 0.6) is 0 Å². The van der Waals surface area contributed by atoms with E-state index in [1.807, 2.05) is 25.1 Å². The quantitative estimate of drug-likeness (QED) is 0.756. The van der Waals surface area contributed by atoms with E-state index in [1.54, 1.807) is 6.20 Å². The molecule has 2 aromatic rings. The van der Waals surface area contributed by atoms with Crippen molar-refractivity contribution in [2.24, 2.45) is 0 Å². The third-order valence-electron chi connectivity index (χ3n) is 4.68. The van der Waals surface area contributed by atoms with E-state index in [-0.39, 0.29) is 41.0 Å². The van der Waals surface area contributed by atoms with E-state index < -0.39 is 5.82 Å². The van der Waals surface area contributed by atoms with Gasteiger partial charge in [0, 0.05) is 37.9 Å². The third kappa shape index (κ3) is 5.69. The maximum absolute atomic E-state index is 13.5. The standard InChI is InChI=1S/C19H23ClFN5O.ClH/c1-26(2)17-9-10-22-19(25-17)24-14-6-4-13(5-7-14)23-18(27)12-3-8-15(20)16(21)11-12;/h3,8-11,13-14H,4-7H2,1-2H3,(H,23,27)(H,22,24,25);1H/t13-,14+;. The van der Waals surface area contributed by atoms with Gasteiger partial charge in [0.05, 0.1) is 5.02 Å². The number of halogens is 3. The summed E-state index contributed by atoms with van der Waals surface area (Å²) in [5, 5.41) is 6.36. The lowest BCUT2D eigenvalue weighted by Gasteiger charge is -2.29. The van der Waals surface area contributed by atoms with Crippen molar-refractivity contribution in [3.63, 3.8) is 0 Å². The maximum atomic E-state index is 13.5. The van der Waals surface area contributed by atoms with Crippen molar-refractivity contribution in [1.82, 2.24) is 15.3 Å². The molecule has 0 bridgehead atoms. The zero-order valence-electron chi connectivity index (χ0n) is 15.8. The average Bonchev–Trinajstić information content (AvgIpc) is 2.65. The molecule has 0 unspecified atom stereocenters. The first kappa shape index (κ1) is 22.2. The predicted octanol–water partition coefficient (Wildman–Crippen LogP) is 3.91. The molecule has 0 aliphatic heterocycles. The predicted molar refractivity (Wildman–Crippen MR) is 112 cm³/mol. The molecule has 1 aromatic carbocycles. The molecule has 28 heavy (non-hydrogen) atoms. The molecule has 1 aliphatic rings. The van der Waals surface area contributed by atoms with Crippen LogP contribution in [0.25, 0.3) is 0 Å². The van der Waals surface area contributed by atoms with Crippen LogP contribution in [0.15, 0.2) is 30.5 Å². The number of amides is 1. The Labute approximate surface area is 175 Å². The average molecular weight is 428 g/mol. The smallest absolute Gasteiger partial charge is 0.251 e. The summed E-state index contributed by atoms with van der Waals surface area (Å²) >= 11 is 5.66. The molecule has 0 radical (unpaired) electrons. The van der Waals surface area contributed by atoms with Crippen molar-refractivity contribution >= 4 is 41.7 Å². The zero-order valence-corrected chi connectivity index (χ0v) is 17.4. The molecular weight excluding hydrogens is 404 g/mol. The second-order valence-electron chi connectivity index (χ2n) is 6.93. The van der Waals surface area contributed by atoms with Crippen molar-refractivity contribution < 1.29 is 9.18 Å². The number of nitrogens with one attached hydrogen (secondary N) is 2. The van der Waals surface area contributed by atoms with E-state index >= 15 is 0 Å². The van der Waals surface area contributed by atoms with Crippen molar-refractivity contribution in [3.05, 3.63) is 46.9 Å². The van der Waals surface area contributed by atoms with Crippen LogP contribution in [0.3, 0.4) is 0 Å². The summed E-state index contributed by atoms with van der Waals surface area (Å²) in [6.07, 6.45) is 5.21. The van der Waals surface area contributed by atoms with Crippen LogP contribution in [-0.4, -0.2) is 42.1 Å². The largest absolute Gasteiger partial charge is 0.363 e. The molecule has 0 saturated heterocycles. The summed E-state index contributed by atoms with van der Waals surface area (Å²) in [7, 11) is 3.87. The first-order valence-electron chi connectivity index (χ1n) is 8.95. The number of carbonyl (C=O) groups is 1. The molecule has 152 valence electrons. The second-order valence-corrected chi connectivity index (χ2v) is 7.34. The van der Waals surface area contributed by atoms with Crippen LogP contribution >= 0.6 is 24.0 Å². The number of rotatable bonds is 5. The first-order valence-corrected chi connectivity index (χ1v) is 9.33. The summed E-state index contributed by atoms with van der Waals surface area (Å²) in [5.41, 5.74) is 0.283. The number of anilines is 2. The molecule has 0 spiro atoms. The number of benzene rings is 1. The number of hydrogen-bond acceptors (Lipinski definition) is 5. The van der Waals surface area contributed by atoms with Crippen LogP contribution in [0.4, 0.5) is 16.2 Å². The van der Waals surface area contributed by atoms with Gasteiger partial charge in [0.2, 0.25) is 5.95 Å². The number of nitrogens with zero attached hydrogens (tertiary/aromatic N) is 3. The van der Waals surface area contributed by atoms with Gasteiger partial charge in [0.1, 0.15) is 11.6 Å². The Kier molecular flexibility index (Phi) is 7.83. The van der Waals surface area contributed by atoms with Gasteiger partial charge < -0.3 is 15.5 Å². The SMILES string of the molecule is CN(C)c1ccnc(N[C@H]2CC[C@@H](NC(=O)c3ccc(Cl)c(F)c3)CC2)n1.Cl. The fourth-order valence-corrected chi connectivity index (χ4v) is 3.26. The van der Waals surface area contributed by atoms with Gasteiger partial charge >= 0.3 is 0 Å². The highest BCUT2D eigenvalue weighted by Gasteiger charge is 2.23. The minimum absolute atomic E-state index is 0. The molecule has 6 nitrogen and oxygen atoms in total. The highest BCUT2D eigenvalue weighted by atomic mass is 35.5. The van der Waals surface area contributed by atoms with Crippen LogP contribution in [0, 0.1) is 5.82 Å². The molecule has 2 N–H and O–H groups in total. The van der Waals surface area contributed by atoms with Gasteiger partial charge in [-0.25, -0.2) is 9.37 Å². The van der Waals surface area contributed by atoms with E-state index in [0.717, 1.165) is 31.5 Å². The van der Waals surface area contributed by atoms with Crippen LogP contribution in [-0.2, 0) is 0 Å². The highest BCUT2D eigenvalue weighted by molar-refractivity contribution is 6.30. The zero-order chi connectivity index (χ0) is 19.4. The Hall–Kier alpha value is -2.12. The van der Waals surface area contributed by atoms with Crippen LogP contribution in [0.1, 0.15) is 36.0 Å². The second kappa shape index (κ2) is 9.89. The van der Waals surface area contributed by atoms with E-state index in [2.05, 4.69) is 20.6 Å². The minimum Gasteiger partial charge on any atom is -0.363 e. The Morgan fingerprint density at radius 3 is 2.50 bits per heavy atom. The third-order valence-corrected chi connectivity index (χ3v) is 4.98. The lowest BCUT2D eigenvalue weighted by molar-refractivity contribution is 0.0926. The van der Waals surface area contributed by atoms with Gasteiger partial charge in [-0.3, -0.25) is 4.79 Å². The summed E-state index contributed by atoms with van der Waals surface area (Å²) in [6, 6.07) is 6.29. The molecule has 0 atom stereocenters. The Morgan fingerprint density at radius 2 is 1.86 bits per heavy atom. The topological polar surface area (TPSA) is 70.2 Å². The Bertz CT molecular complexity index is 813. The fourth-order valence-electron chi connectivity index (χ4n) is 3.14. The first-order chi connectivity index (χ1) is 12.9. The number of hydrogen-bond donors (Lipinski definition) is 2. The summed E-state index contributed by atoms with van der Waals surface area (Å²) in [4.78, 5) is 23.0. The van der Waals surface area contributed by atoms with Gasteiger partial charge in [0.25, 0.3) is 5.91 Å². The van der Waals surface area contributed by atoms with Gasteiger partial charge in [-0.15, -0.1) is 12.4 Å². The van der Waals surface area contributed by atoms with Crippen molar-refractivity contribution in [2.75, 3.05) is 24.3 Å². The molecule has 3 rings (SSSR count). The maximum Gasteiger partial charge on any atom is 0.251 e. The van der Waals surface area contributed by atoms with E-state index in [4.69, 9.17) is 11.6 Å². The van der Waals surface area contributed by atoms with Crippen molar-refractivity contribution in [3.8, 4) is 0 Å². The lowest BCUT2D eigenvalue weighted by atomic mass is 9.91. The lowest BCUT2D eigenvalue weighted by Crippen LogP contribution is -2.40. The van der Waals surface area contributed by atoms with E-state index in [1.165, 1.54) is 18.2 Å². The normalized spacial score (nSPS) is 18.7. The summed E-state index contributed by atoms with van der Waals surface area (Å²) in [6.45, 7) is 0. The molecule has 9 heteroatoms. The fraction of sp³-hybridized carbons (Fsp3) is 0.421. The Balaban J connectivity index is 0.00000280. The number of aromatic nitrogens is 2. The van der Waals surface area contributed by atoms with Crippen molar-refractivity contribution in [2.45, 2.75) is 37.8 Å². The molecule has 1 fully saturated rings. The Morgan fingerprint density at radius 1 is 1.18 bits per heavy atom. The summed E-state index contributed by atoms with van der Waals surface area (Å²) in [5.74, 6) is 0.607. The minimum atomic E-state index is -0.586. The van der Waals surface area contributed by atoms with Gasteiger partial charge in [-0.1, -0.05) is 11.6 Å². The molecule has 1 saturated carbocycles.